The Bertz CT molecular complexity index is 3340. The molecule has 2 aromatic heterocycles. The molecule has 0 saturated carbocycles. The minimum Gasteiger partial charge on any atom is -0.489 e. The Labute approximate surface area is 440 Å². The van der Waals surface area contributed by atoms with E-state index in [9.17, 15) is 52.8 Å². The van der Waals surface area contributed by atoms with Crippen molar-refractivity contribution in [2.75, 3.05) is 45.9 Å². The van der Waals surface area contributed by atoms with Gasteiger partial charge in [-0.3, -0.25) is 24.1 Å². The van der Waals surface area contributed by atoms with Gasteiger partial charge >= 0.3 is 12.4 Å². The summed E-state index contributed by atoms with van der Waals surface area (Å²) in [6.07, 6.45) is -7.46. The number of nitrogens with one attached hydrogen (secondary N) is 1. The van der Waals surface area contributed by atoms with Crippen LogP contribution in [0.1, 0.15) is 53.4 Å². The van der Waals surface area contributed by atoms with E-state index in [0.717, 1.165) is 42.7 Å². The Balaban J connectivity index is 0.000000238. The highest BCUT2D eigenvalue weighted by atomic mass is 35.5. The van der Waals surface area contributed by atoms with Crippen molar-refractivity contribution in [3.8, 4) is 11.5 Å². The Kier molecular flexibility index (Phi) is 17.3. The van der Waals surface area contributed by atoms with Crippen LogP contribution < -0.4 is 28.3 Å². The highest BCUT2D eigenvalue weighted by Crippen LogP contribution is 2.41. The zero-order valence-corrected chi connectivity index (χ0v) is 42.3. The molecule has 6 aromatic rings. The van der Waals surface area contributed by atoms with Crippen LogP contribution in [0.2, 0.25) is 20.1 Å². The standard InChI is InChI=1S/C24H20Cl2F3N3O5S.C22H16Cl2F3N3O4S.CH4/c1-14-12-37-21-6-4-3-5-19(21)32(14)23(33)22-20(9-15(25)11-30-22)31(13-36-2)38(34,35)16-7-8-18(26)17(10-16)24(27,28)29;1-12-11-34-19-5-3-2-4-18(19)30(12)21(31)20-17(8-13(23)10-28-20)29-35(32,33)14-6-7-16(24)15(9-14)22(25,26)27;/h3-11,14H,12-13H2,1-2H3;2-10,12,29H,11H2,1H3;1H4. The molecule has 2 atom stereocenters. The molecule has 0 fully saturated rings. The third-order valence-electron chi connectivity index (χ3n) is 10.8. The largest absolute Gasteiger partial charge is 0.489 e. The first kappa shape index (κ1) is 57.2. The third-order valence-corrected chi connectivity index (χ3v) is 14.9. The number of ether oxygens (including phenoxy) is 3. The number of alkyl halides is 6. The summed E-state index contributed by atoms with van der Waals surface area (Å²) in [5.74, 6) is -0.439. The summed E-state index contributed by atoms with van der Waals surface area (Å²) >= 11 is 23.4. The smallest absolute Gasteiger partial charge is 0.417 e. The molecule has 2 unspecified atom stereocenters. The van der Waals surface area contributed by atoms with Crippen molar-refractivity contribution in [1.29, 1.82) is 0 Å². The lowest BCUT2D eigenvalue weighted by atomic mass is 10.1. The number of hydrogen-bond donors (Lipinski definition) is 1. The molecule has 1 N–H and O–H groups in total. The van der Waals surface area contributed by atoms with Crippen LogP contribution in [0, 0.1) is 0 Å². The highest BCUT2D eigenvalue weighted by molar-refractivity contribution is 7.93. The number of anilines is 4. The molecule has 4 aromatic carbocycles. The van der Waals surface area contributed by atoms with Gasteiger partial charge in [0.2, 0.25) is 0 Å². The van der Waals surface area contributed by atoms with E-state index in [1.54, 1.807) is 62.4 Å². The van der Waals surface area contributed by atoms with Crippen LogP contribution in [0.25, 0.3) is 0 Å². The van der Waals surface area contributed by atoms with Crippen molar-refractivity contribution in [2.45, 2.75) is 55.5 Å². The SMILES string of the molecule is C.CC1COc2ccccc2N1C(=O)c1ncc(Cl)cc1NS(=O)(=O)c1ccc(Cl)c(C(F)(F)F)c1.COCN(c1cc(Cl)cnc1C(=O)N1c2ccccc2OCC1C)S(=O)(=O)c1ccc(Cl)c(C(F)(F)F)c1. The van der Waals surface area contributed by atoms with Gasteiger partial charge < -0.3 is 14.2 Å². The lowest BCUT2D eigenvalue weighted by Crippen LogP contribution is -2.46. The van der Waals surface area contributed by atoms with E-state index < -0.39 is 94.0 Å². The van der Waals surface area contributed by atoms with Crippen LogP contribution in [0.4, 0.5) is 49.1 Å². The number of hydrogen-bond acceptors (Lipinski definition) is 11. The van der Waals surface area contributed by atoms with Crippen molar-refractivity contribution in [1.82, 2.24) is 9.97 Å². The third kappa shape index (κ3) is 12.0. The summed E-state index contributed by atoms with van der Waals surface area (Å²) in [5.41, 5.74) is -2.97. The summed E-state index contributed by atoms with van der Waals surface area (Å²) in [6, 6.07) is 19.3. The van der Waals surface area contributed by atoms with Gasteiger partial charge in [-0.25, -0.2) is 31.1 Å². The van der Waals surface area contributed by atoms with Gasteiger partial charge in [-0.2, -0.15) is 26.3 Å². The van der Waals surface area contributed by atoms with Crippen molar-refractivity contribution < 1.29 is 67.0 Å². The van der Waals surface area contributed by atoms with Gasteiger partial charge in [-0.05, 0) is 86.6 Å². The van der Waals surface area contributed by atoms with Crippen LogP contribution in [-0.2, 0) is 37.1 Å². The molecule has 0 aliphatic carbocycles. The first-order valence-corrected chi connectivity index (χ1v) is 25.4. The van der Waals surface area contributed by atoms with Crippen molar-refractivity contribution in [2.24, 2.45) is 0 Å². The molecule has 8 rings (SSSR count). The number of rotatable bonds is 10. The molecule has 394 valence electrons. The number of amides is 2. The van der Waals surface area contributed by atoms with Crippen LogP contribution >= 0.6 is 46.4 Å². The van der Waals surface area contributed by atoms with Gasteiger partial charge in [0.15, 0.2) is 11.4 Å². The number of carbonyl (C=O) groups is 2. The summed E-state index contributed by atoms with van der Waals surface area (Å²) in [5, 5.41) is -1.34. The van der Waals surface area contributed by atoms with Gasteiger partial charge in [-0.15, -0.1) is 0 Å². The van der Waals surface area contributed by atoms with Crippen LogP contribution in [-0.4, -0.2) is 77.8 Å². The fourth-order valence-electron chi connectivity index (χ4n) is 7.41. The first-order valence-electron chi connectivity index (χ1n) is 20.9. The number of pyridine rings is 2. The number of benzene rings is 4. The minimum absolute atomic E-state index is 0. The summed E-state index contributed by atoms with van der Waals surface area (Å²) in [7, 11) is -8.15. The highest BCUT2D eigenvalue weighted by Gasteiger charge is 2.40. The topological polar surface area (TPSA) is 178 Å². The average Bonchev–Trinajstić information content (AvgIpc) is 3.32. The Morgan fingerprint density at radius 1 is 0.689 bits per heavy atom. The van der Waals surface area contributed by atoms with Crippen molar-refractivity contribution in [3.05, 3.63) is 152 Å². The normalized spacial score (nSPS) is 15.5. The number of nitrogens with zero attached hydrogens (tertiary/aromatic N) is 5. The molecule has 0 radical (unpaired) electrons. The second kappa shape index (κ2) is 22.4. The maximum Gasteiger partial charge on any atom is 0.417 e. The van der Waals surface area contributed by atoms with Crippen molar-refractivity contribution >= 4 is 101 Å². The second-order valence-electron chi connectivity index (χ2n) is 15.8. The number of fused-ring (bicyclic) bond motifs is 2. The number of carbonyl (C=O) groups excluding carboxylic acids is 2. The molecule has 2 aliphatic rings. The molecule has 2 aliphatic heterocycles. The fraction of sp³-hybridized carbons (Fsp3) is 0.234. The predicted octanol–water partition coefficient (Wildman–Crippen LogP) is 11.9. The molecular weight excluding hydrogens is 1110 g/mol. The number of aromatic nitrogens is 2. The van der Waals surface area contributed by atoms with E-state index in [-0.39, 0.29) is 53.4 Å². The van der Waals surface area contributed by atoms with Crippen molar-refractivity contribution in [3.63, 3.8) is 0 Å². The average molecular weight is 1150 g/mol. The van der Waals surface area contributed by atoms with Gasteiger partial charge in [0.05, 0.1) is 75.8 Å². The summed E-state index contributed by atoms with van der Waals surface area (Å²) in [4.78, 5) is 36.9. The monoisotopic (exact) mass is 1150 g/mol. The predicted molar refractivity (Wildman–Crippen MR) is 267 cm³/mol. The summed E-state index contributed by atoms with van der Waals surface area (Å²) < 4.78 is 153. The Morgan fingerprint density at radius 2 is 1.14 bits per heavy atom. The minimum atomic E-state index is -4.91. The summed E-state index contributed by atoms with van der Waals surface area (Å²) in [6.45, 7) is 3.16. The molecule has 0 saturated heterocycles. The molecular formula is C47H40Cl4F6N6O9S2. The fourth-order valence-corrected chi connectivity index (χ4v) is 10.7. The Morgan fingerprint density at radius 3 is 1.64 bits per heavy atom. The van der Waals surface area contributed by atoms with E-state index in [0.29, 0.717) is 39.3 Å². The molecule has 27 heteroatoms. The van der Waals surface area contributed by atoms with E-state index in [4.69, 9.17) is 60.6 Å². The maximum absolute atomic E-state index is 13.8. The van der Waals surface area contributed by atoms with Crippen LogP contribution in [0.15, 0.2) is 119 Å². The van der Waals surface area contributed by atoms with E-state index >= 15 is 0 Å². The molecule has 0 spiro atoms. The molecule has 2 amide bonds. The lowest BCUT2D eigenvalue weighted by molar-refractivity contribution is -0.138. The van der Waals surface area contributed by atoms with Crippen LogP contribution in [0.3, 0.4) is 0 Å². The maximum atomic E-state index is 13.8. The Hall–Kier alpha value is -6.08. The first-order chi connectivity index (χ1) is 34.2. The molecule has 15 nitrogen and oxygen atoms in total. The zero-order valence-electron chi connectivity index (χ0n) is 37.7. The lowest BCUT2D eigenvalue weighted by Gasteiger charge is -2.35. The molecule has 74 heavy (non-hydrogen) atoms. The number of sulfonamides is 2. The van der Waals surface area contributed by atoms with E-state index in [1.165, 1.54) is 23.0 Å². The second-order valence-corrected chi connectivity index (χ2v) is 21.1. The molecule has 0 bridgehead atoms. The van der Waals surface area contributed by atoms with Gasteiger partial charge in [0.1, 0.15) is 31.4 Å². The van der Waals surface area contributed by atoms with Gasteiger partial charge in [0, 0.05) is 19.5 Å². The number of methoxy groups -OCH3 is 1. The van der Waals surface area contributed by atoms with Crippen LogP contribution in [0.5, 0.6) is 11.5 Å². The van der Waals surface area contributed by atoms with Gasteiger partial charge in [0.25, 0.3) is 31.9 Å². The van der Waals surface area contributed by atoms with E-state index in [1.807, 2.05) is 0 Å². The van der Waals surface area contributed by atoms with E-state index in [2.05, 4.69) is 14.7 Å². The van der Waals surface area contributed by atoms with Gasteiger partial charge in [-0.1, -0.05) is 78.1 Å². The number of halogens is 10. The molecule has 4 heterocycles. The zero-order chi connectivity index (χ0) is 53.4. The quantitative estimate of drug-likeness (QED) is 0.102. The number of para-hydroxylation sites is 4.